The first-order valence-electron chi connectivity index (χ1n) is 10.6. The Hall–Kier alpha value is -3.86. The van der Waals surface area contributed by atoms with Crippen molar-refractivity contribution in [2.75, 3.05) is 12.4 Å². The highest BCUT2D eigenvalue weighted by Crippen LogP contribution is 2.29. The predicted octanol–water partition coefficient (Wildman–Crippen LogP) is 4.57. The molecule has 0 heterocycles. The molecule has 1 aliphatic rings. The van der Waals surface area contributed by atoms with Crippen LogP contribution in [0, 0.1) is 21.4 Å². The highest BCUT2D eigenvalue weighted by molar-refractivity contribution is 5.97. The molecule has 1 aliphatic carbocycles. The number of anilines is 1. The lowest BCUT2D eigenvalue weighted by Crippen LogP contribution is -2.29. The number of ether oxygens (including phenoxy) is 1. The van der Waals surface area contributed by atoms with Crippen LogP contribution in [0.15, 0.2) is 48.2 Å². The Morgan fingerprint density at radius 2 is 2.00 bits per heavy atom. The van der Waals surface area contributed by atoms with Crippen LogP contribution in [0.2, 0.25) is 0 Å². The van der Waals surface area contributed by atoms with Crippen LogP contribution in [-0.4, -0.2) is 17.9 Å². The van der Waals surface area contributed by atoms with E-state index in [0.717, 1.165) is 18.4 Å². The van der Waals surface area contributed by atoms with Crippen LogP contribution in [0.1, 0.15) is 48.9 Å². The molecule has 1 amide bonds. The number of hydrogen-bond donors (Lipinski definition) is 2. The minimum Gasteiger partial charge on any atom is -0.494 e. The third-order valence-corrected chi connectivity index (χ3v) is 5.62. The molecule has 2 aromatic carbocycles. The maximum atomic E-state index is 12.8. The van der Waals surface area contributed by atoms with E-state index in [-0.39, 0.29) is 23.1 Å². The second kappa shape index (κ2) is 10.4. The van der Waals surface area contributed by atoms with E-state index in [9.17, 15) is 20.2 Å². The molecule has 2 aromatic rings. The van der Waals surface area contributed by atoms with E-state index in [1.54, 1.807) is 0 Å². The van der Waals surface area contributed by atoms with Gasteiger partial charge in [-0.05, 0) is 54.9 Å². The number of nitro groups is 1. The summed E-state index contributed by atoms with van der Waals surface area (Å²) in [7, 11) is 1.39. The van der Waals surface area contributed by atoms with Gasteiger partial charge in [0.25, 0.3) is 11.6 Å². The van der Waals surface area contributed by atoms with Crippen molar-refractivity contribution in [3.8, 4) is 11.8 Å². The van der Waals surface area contributed by atoms with E-state index in [2.05, 4.69) is 22.8 Å². The maximum absolute atomic E-state index is 12.8. The van der Waals surface area contributed by atoms with Crippen molar-refractivity contribution < 1.29 is 14.5 Å². The topological polar surface area (TPSA) is 117 Å². The number of aryl methyl sites for hydroxylation is 2. The minimum atomic E-state index is -0.526. The van der Waals surface area contributed by atoms with Gasteiger partial charge in [0.1, 0.15) is 17.4 Å². The normalized spacial score (nSPS) is 14.0. The fourth-order valence-corrected chi connectivity index (χ4v) is 3.84. The summed E-state index contributed by atoms with van der Waals surface area (Å²) in [6, 6.07) is 12.1. The SMILES string of the molecule is CCC(NC(=O)/C(C#N)=C\Nc1ccc([N+](=O)[O-])cc1OC)c1ccc2c(c1)CCCC2. The Labute approximate surface area is 187 Å². The van der Waals surface area contributed by atoms with E-state index in [4.69, 9.17) is 4.74 Å². The minimum absolute atomic E-state index is 0.109. The number of nitrogens with zero attached hydrogens (tertiary/aromatic N) is 2. The molecule has 0 spiro atoms. The fourth-order valence-electron chi connectivity index (χ4n) is 3.84. The first kappa shape index (κ1) is 22.8. The van der Waals surface area contributed by atoms with Gasteiger partial charge in [-0.3, -0.25) is 14.9 Å². The molecule has 8 nitrogen and oxygen atoms in total. The molecular formula is C24H26N4O4. The zero-order valence-corrected chi connectivity index (χ0v) is 18.2. The molecule has 1 unspecified atom stereocenters. The van der Waals surface area contributed by atoms with Gasteiger partial charge < -0.3 is 15.4 Å². The highest BCUT2D eigenvalue weighted by atomic mass is 16.6. The molecule has 0 bridgehead atoms. The van der Waals surface area contributed by atoms with Gasteiger partial charge in [0, 0.05) is 12.3 Å². The summed E-state index contributed by atoms with van der Waals surface area (Å²) in [4.78, 5) is 23.2. The largest absolute Gasteiger partial charge is 0.494 e. The first-order chi connectivity index (χ1) is 15.5. The van der Waals surface area contributed by atoms with Crippen molar-refractivity contribution in [3.63, 3.8) is 0 Å². The summed E-state index contributed by atoms with van der Waals surface area (Å²) < 4.78 is 5.17. The second-order valence-electron chi connectivity index (χ2n) is 7.63. The quantitative estimate of drug-likeness (QED) is 0.272. The molecule has 2 N–H and O–H groups in total. The molecule has 0 fully saturated rings. The number of non-ortho nitro benzene ring substituents is 1. The molecule has 0 saturated carbocycles. The van der Waals surface area contributed by atoms with Crippen molar-refractivity contribution in [1.82, 2.24) is 5.32 Å². The molecule has 0 radical (unpaired) electrons. The molecule has 166 valence electrons. The van der Waals surface area contributed by atoms with Gasteiger partial charge in [0.05, 0.1) is 29.8 Å². The van der Waals surface area contributed by atoms with Gasteiger partial charge in [-0.1, -0.05) is 25.1 Å². The van der Waals surface area contributed by atoms with Gasteiger partial charge in [-0.15, -0.1) is 0 Å². The molecule has 3 rings (SSSR count). The van der Waals surface area contributed by atoms with Gasteiger partial charge >= 0.3 is 0 Å². The highest BCUT2D eigenvalue weighted by Gasteiger charge is 2.19. The van der Waals surface area contributed by atoms with Crippen molar-refractivity contribution in [2.24, 2.45) is 0 Å². The third kappa shape index (κ3) is 5.24. The fraction of sp³-hybridized carbons (Fsp3) is 0.333. The summed E-state index contributed by atoms with van der Waals surface area (Å²) in [5.41, 5.74) is 3.92. The van der Waals surface area contributed by atoms with Gasteiger partial charge in [-0.25, -0.2) is 0 Å². The number of rotatable bonds is 8. The average molecular weight is 434 g/mol. The lowest BCUT2D eigenvalue weighted by Gasteiger charge is -2.21. The number of carbonyl (C=O) groups excluding carboxylic acids is 1. The predicted molar refractivity (Wildman–Crippen MR) is 121 cm³/mol. The zero-order chi connectivity index (χ0) is 23.1. The third-order valence-electron chi connectivity index (χ3n) is 5.62. The van der Waals surface area contributed by atoms with Crippen LogP contribution >= 0.6 is 0 Å². The van der Waals surface area contributed by atoms with Crippen LogP contribution in [0.25, 0.3) is 0 Å². The van der Waals surface area contributed by atoms with E-state index < -0.39 is 10.8 Å². The number of hydrogen-bond acceptors (Lipinski definition) is 6. The van der Waals surface area contributed by atoms with E-state index >= 15 is 0 Å². The number of methoxy groups -OCH3 is 1. The summed E-state index contributed by atoms with van der Waals surface area (Å²) in [5.74, 6) is -0.265. The Balaban J connectivity index is 1.74. The van der Waals surface area contributed by atoms with Gasteiger partial charge in [-0.2, -0.15) is 5.26 Å². The first-order valence-corrected chi connectivity index (χ1v) is 10.6. The van der Waals surface area contributed by atoms with Crippen LogP contribution in [0.5, 0.6) is 5.75 Å². The Morgan fingerprint density at radius 3 is 2.66 bits per heavy atom. The Bertz CT molecular complexity index is 1090. The van der Waals surface area contributed by atoms with Crippen molar-refractivity contribution in [2.45, 2.75) is 45.1 Å². The van der Waals surface area contributed by atoms with Crippen LogP contribution in [0.3, 0.4) is 0 Å². The standard InChI is InChI=1S/C24H26N4O4/c1-3-21(18-9-8-16-6-4-5-7-17(16)12-18)27-24(29)19(14-25)15-26-22-11-10-20(28(30)31)13-23(22)32-2/h8-13,15,21,26H,3-7H2,1-2H3,(H,27,29)/b19-15-. The van der Waals surface area contributed by atoms with Gasteiger partial charge in [0.2, 0.25) is 0 Å². The monoisotopic (exact) mass is 434 g/mol. The maximum Gasteiger partial charge on any atom is 0.273 e. The molecule has 0 aromatic heterocycles. The summed E-state index contributed by atoms with van der Waals surface area (Å²) in [6.45, 7) is 1.99. The molecule has 1 atom stereocenters. The summed E-state index contributed by atoms with van der Waals surface area (Å²) in [6.07, 6.45) is 6.50. The lowest BCUT2D eigenvalue weighted by molar-refractivity contribution is -0.384. The zero-order valence-electron chi connectivity index (χ0n) is 18.2. The number of carbonyl (C=O) groups is 1. The number of nitro benzene ring substituents is 1. The lowest BCUT2D eigenvalue weighted by atomic mass is 9.88. The van der Waals surface area contributed by atoms with Gasteiger partial charge in [0.15, 0.2) is 0 Å². The van der Waals surface area contributed by atoms with Crippen LogP contribution in [0.4, 0.5) is 11.4 Å². The molecule has 32 heavy (non-hydrogen) atoms. The average Bonchev–Trinajstić information content (AvgIpc) is 2.82. The van der Waals surface area contributed by atoms with E-state index in [1.807, 2.05) is 19.1 Å². The van der Waals surface area contributed by atoms with Crippen molar-refractivity contribution in [3.05, 3.63) is 75.0 Å². The van der Waals surface area contributed by atoms with Crippen LogP contribution < -0.4 is 15.4 Å². The number of benzene rings is 2. The number of nitriles is 1. The number of nitrogens with one attached hydrogen (secondary N) is 2. The molecular weight excluding hydrogens is 408 g/mol. The number of amides is 1. The molecule has 8 heteroatoms. The van der Waals surface area contributed by atoms with E-state index in [0.29, 0.717) is 12.1 Å². The van der Waals surface area contributed by atoms with Crippen molar-refractivity contribution >= 4 is 17.3 Å². The summed E-state index contributed by atoms with van der Waals surface area (Å²) >= 11 is 0. The molecule has 0 aliphatic heterocycles. The Kier molecular flexibility index (Phi) is 7.45. The van der Waals surface area contributed by atoms with Crippen molar-refractivity contribution in [1.29, 1.82) is 5.26 Å². The van der Waals surface area contributed by atoms with E-state index in [1.165, 1.54) is 55.5 Å². The van der Waals surface area contributed by atoms with Crippen LogP contribution in [-0.2, 0) is 17.6 Å². The second-order valence-corrected chi connectivity index (χ2v) is 7.63. The Morgan fingerprint density at radius 1 is 1.25 bits per heavy atom. The summed E-state index contributed by atoms with van der Waals surface area (Å²) in [5, 5.41) is 26.2. The smallest absolute Gasteiger partial charge is 0.273 e. The molecule has 0 saturated heterocycles. The number of fused-ring (bicyclic) bond motifs is 1.